The molecule has 0 radical (unpaired) electrons. The molecule has 1 aliphatic rings. The molecular formula is C11H15NO. The maximum Gasteiger partial charge on any atom is 0.122 e. The largest absolute Gasteiger partial charge is 0.493 e. The normalized spacial score (nSPS) is 15.8. The topological polar surface area (TPSA) is 35.2 Å². The fourth-order valence-corrected chi connectivity index (χ4v) is 1.70. The quantitative estimate of drug-likeness (QED) is 0.710. The van der Waals surface area contributed by atoms with Gasteiger partial charge in [-0.1, -0.05) is 12.1 Å². The molecule has 2 N–H and O–H groups in total. The molecule has 0 aliphatic carbocycles. The van der Waals surface area contributed by atoms with E-state index in [4.69, 9.17) is 10.5 Å². The molecule has 2 nitrogen and oxygen atoms in total. The van der Waals surface area contributed by atoms with Crippen molar-refractivity contribution in [1.29, 1.82) is 0 Å². The zero-order chi connectivity index (χ0) is 9.10. The Morgan fingerprint density at radius 1 is 1.31 bits per heavy atom. The third kappa shape index (κ3) is 1.83. The lowest BCUT2D eigenvalue weighted by Crippen LogP contribution is -1.99. The Morgan fingerprint density at radius 3 is 3.08 bits per heavy atom. The summed E-state index contributed by atoms with van der Waals surface area (Å²) < 4.78 is 5.61. The summed E-state index contributed by atoms with van der Waals surface area (Å²) in [6, 6.07) is 6.26. The zero-order valence-electron chi connectivity index (χ0n) is 7.75. The highest BCUT2D eigenvalue weighted by Crippen LogP contribution is 2.24. The van der Waals surface area contributed by atoms with Gasteiger partial charge in [-0.25, -0.2) is 0 Å². The summed E-state index contributed by atoms with van der Waals surface area (Å²) in [5, 5.41) is 0. The Hall–Kier alpha value is -1.02. The second-order valence-electron chi connectivity index (χ2n) is 3.45. The van der Waals surface area contributed by atoms with E-state index in [-0.39, 0.29) is 0 Å². The van der Waals surface area contributed by atoms with Crippen molar-refractivity contribution in [3.8, 4) is 5.75 Å². The molecule has 0 fully saturated rings. The first kappa shape index (κ1) is 8.57. The lowest BCUT2D eigenvalue weighted by atomic mass is 10.1. The molecule has 1 aromatic carbocycles. The van der Waals surface area contributed by atoms with Crippen LogP contribution in [0.4, 0.5) is 0 Å². The third-order valence-electron chi connectivity index (χ3n) is 2.46. The maximum absolute atomic E-state index is 5.61. The van der Waals surface area contributed by atoms with Crippen molar-refractivity contribution in [2.45, 2.75) is 25.8 Å². The molecule has 1 aromatic rings. The van der Waals surface area contributed by atoms with Crippen LogP contribution in [0, 0.1) is 0 Å². The van der Waals surface area contributed by atoms with Gasteiger partial charge >= 0.3 is 0 Å². The van der Waals surface area contributed by atoms with E-state index in [0.717, 1.165) is 25.2 Å². The number of aryl methyl sites for hydroxylation is 1. The standard InChI is InChI=1S/C11H15NO/c12-8-9-4-5-11-10(7-9)3-1-2-6-13-11/h4-5,7H,1-3,6,8,12H2. The van der Waals surface area contributed by atoms with E-state index >= 15 is 0 Å². The van der Waals surface area contributed by atoms with E-state index in [1.54, 1.807) is 0 Å². The van der Waals surface area contributed by atoms with Crippen LogP contribution in [0.1, 0.15) is 24.0 Å². The van der Waals surface area contributed by atoms with Crippen LogP contribution in [0.3, 0.4) is 0 Å². The summed E-state index contributed by atoms with van der Waals surface area (Å²) in [6.07, 6.45) is 3.51. The summed E-state index contributed by atoms with van der Waals surface area (Å²) in [4.78, 5) is 0. The Balaban J connectivity index is 2.32. The number of rotatable bonds is 1. The fraction of sp³-hybridized carbons (Fsp3) is 0.455. The molecular weight excluding hydrogens is 162 g/mol. The first-order valence-corrected chi connectivity index (χ1v) is 4.85. The molecule has 70 valence electrons. The van der Waals surface area contributed by atoms with Crippen LogP contribution < -0.4 is 10.5 Å². The van der Waals surface area contributed by atoms with Gasteiger partial charge in [-0.3, -0.25) is 0 Å². The average molecular weight is 177 g/mol. The van der Waals surface area contributed by atoms with Crippen molar-refractivity contribution in [2.24, 2.45) is 5.73 Å². The van der Waals surface area contributed by atoms with Gasteiger partial charge in [0, 0.05) is 6.54 Å². The fourth-order valence-electron chi connectivity index (χ4n) is 1.70. The summed E-state index contributed by atoms with van der Waals surface area (Å²) >= 11 is 0. The molecule has 0 bridgehead atoms. The molecule has 1 aliphatic heterocycles. The average Bonchev–Trinajstić information content (AvgIpc) is 2.41. The van der Waals surface area contributed by atoms with Gasteiger partial charge in [0.2, 0.25) is 0 Å². The van der Waals surface area contributed by atoms with Crippen molar-refractivity contribution >= 4 is 0 Å². The third-order valence-corrected chi connectivity index (χ3v) is 2.46. The monoisotopic (exact) mass is 177 g/mol. The summed E-state index contributed by atoms with van der Waals surface area (Å²) in [5.74, 6) is 1.05. The molecule has 0 unspecified atom stereocenters. The molecule has 0 aromatic heterocycles. The van der Waals surface area contributed by atoms with E-state index in [2.05, 4.69) is 6.07 Å². The van der Waals surface area contributed by atoms with Gasteiger partial charge in [-0.05, 0) is 36.5 Å². The van der Waals surface area contributed by atoms with Crippen molar-refractivity contribution in [2.75, 3.05) is 6.61 Å². The Bertz CT molecular complexity index is 296. The van der Waals surface area contributed by atoms with Crippen molar-refractivity contribution in [3.63, 3.8) is 0 Å². The second-order valence-corrected chi connectivity index (χ2v) is 3.45. The summed E-state index contributed by atoms with van der Waals surface area (Å²) in [5.41, 5.74) is 8.10. The van der Waals surface area contributed by atoms with Gasteiger partial charge in [-0.2, -0.15) is 0 Å². The zero-order valence-corrected chi connectivity index (χ0v) is 7.75. The van der Waals surface area contributed by atoms with E-state index < -0.39 is 0 Å². The molecule has 0 saturated carbocycles. The summed E-state index contributed by atoms with van der Waals surface area (Å²) in [6.45, 7) is 1.47. The van der Waals surface area contributed by atoms with Crippen LogP contribution >= 0.6 is 0 Å². The number of benzene rings is 1. The van der Waals surface area contributed by atoms with E-state index in [1.165, 1.54) is 17.5 Å². The van der Waals surface area contributed by atoms with Gasteiger partial charge in [0.05, 0.1) is 6.61 Å². The van der Waals surface area contributed by atoms with Crippen molar-refractivity contribution in [3.05, 3.63) is 29.3 Å². The lowest BCUT2D eigenvalue weighted by Gasteiger charge is -2.07. The number of hydrogen-bond acceptors (Lipinski definition) is 2. The van der Waals surface area contributed by atoms with E-state index in [0.29, 0.717) is 6.54 Å². The SMILES string of the molecule is NCc1ccc2c(c1)CCCCO2. The molecule has 2 rings (SSSR count). The lowest BCUT2D eigenvalue weighted by molar-refractivity contribution is 0.317. The van der Waals surface area contributed by atoms with Crippen LogP contribution in [0.5, 0.6) is 5.75 Å². The molecule has 0 saturated heterocycles. The van der Waals surface area contributed by atoms with Crippen LogP contribution in [0.25, 0.3) is 0 Å². The molecule has 13 heavy (non-hydrogen) atoms. The smallest absolute Gasteiger partial charge is 0.122 e. The van der Waals surface area contributed by atoms with Crippen LogP contribution in [-0.4, -0.2) is 6.61 Å². The first-order chi connectivity index (χ1) is 6.40. The Morgan fingerprint density at radius 2 is 2.23 bits per heavy atom. The predicted octanol–water partition coefficient (Wildman–Crippen LogP) is 1.86. The summed E-state index contributed by atoms with van der Waals surface area (Å²) in [7, 11) is 0. The maximum atomic E-state index is 5.61. The molecule has 0 amide bonds. The number of fused-ring (bicyclic) bond motifs is 1. The van der Waals surface area contributed by atoms with Crippen molar-refractivity contribution in [1.82, 2.24) is 0 Å². The van der Waals surface area contributed by atoms with Gasteiger partial charge in [0.15, 0.2) is 0 Å². The number of ether oxygens (including phenoxy) is 1. The first-order valence-electron chi connectivity index (χ1n) is 4.85. The number of hydrogen-bond donors (Lipinski definition) is 1. The molecule has 2 heteroatoms. The van der Waals surface area contributed by atoms with E-state index in [1.807, 2.05) is 12.1 Å². The minimum absolute atomic E-state index is 0.618. The number of nitrogens with two attached hydrogens (primary N) is 1. The highest BCUT2D eigenvalue weighted by molar-refractivity contribution is 5.37. The highest BCUT2D eigenvalue weighted by atomic mass is 16.5. The molecule has 1 heterocycles. The van der Waals surface area contributed by atoms with Crippen molar-refractivity contribution < 1.29 is 4.74 Å². The highest BCUT2D eigenvalue weighted by Gasteiger charge is 2.08. The van der Waals surface area contributed by atoms with Crippen LogP contribution in [0.15, 0.2) is 18.2 Å². The van der Waals surface area contributed by atoms with Crippen LogP contribution in [-0.2, 0) is 13.0 Å². The minimum atomic E-state index is 0.618. The van der Waals surface area contributed by atoms with Gasteiger partial charge in [0.25, 0.3) is 0 Å². The Kier molecular flexibility index (Phi) is 2.50. The van der Waals surface area contributed by atoms with E-state index in [9.17, 15) is 0 Å². The predicted molar refractivity (Wildman–Crippen MR) is 52.8 cm³/mol. The Labute approximate surface area is 78.7 Å². The molecule has 0 spiro atoms. The molecule has 0 atom stereocenters. The van der Waals surface area contributed by atoms with Crippen LogP contribution in [0.2, 0.25) is 0 Å². The van der Waals surface area contributed by atoms with Gasteiger partial charge < -0.3 is 10.5 Å². The van der Waals surface area contributed by atoms with Gasteiger partial charge in [0.1, 0.15) is 5.75 Å². The van der Waals surface area contributed by atoms with Gasteiger partial charge in [-0.15, -0.1) is 0 Å². The minimum Gasteiger partial charge on any atom is -0.493 e. The second kappa shape index (κ2) is 3.79.